The van der Waals surface area contributed by atoms with Crippen molar-refractivity contribution >= 4 is 45.3 Å². The zero-order valence-corrected chi connectivity index (χ0v) is 16.5. The van der Waals surface area contributed by atoms with Crippen molar-refractivity contribution < 1.29 is 0 Å². The first kappa shape index (κ1) is 17.8. The molecule has 2 aromatic carbocycles. The number of benzene rings is 2. The third-order valence-electron chi connectivity index (χ3n) is 4.49. The molecule has 142 valence electrons. The highest BCUT2D eigenvalue weighted by Gasteiger charge is 2.16. The molecule has 7 nitrogen and oxygen atoms in total. The van der Waals surface area contributed by atoms with Gasteiger partial charge in [-0.05, 0) is 24.3 Å². The number of nitrogens with zero attached hydrogens (tertiary/aromatic N) is 5. The van der Waals surface area contributed by atoms with Gasteiger partial charge in [0.1, 0.15) is 17.2 Å². The number of aromatic amines is 1. The zero-order chi connectivity index (χ0) is 19.8. The molecule has 3 heterocycles. The molecule has 0 aliphatic rings. The van der Waals surface area contributed by atoms with E-state index in [1.54, 1.807) is 22.9 Å². The number of halogens is 1. The molecule has 0 saturated heterocycles. The van der Waals surface area contributed by atoms with Crippen LogP contribution in [-0.4, -0.2) is 29.7 Å². The maximum Gasteiger partial charge on any atom is 0.266 e. The minimum atomic E-state index is -0.157. The van der Waals surface area contributed by atoms with Crippen LogP contribution in [0.25, 0.3) is 27.6 Å². The average Bonchev–Trinajstić information content (AvgIpc) is 3.23. The SMILES string of the molecule is O=c1c2ccccc2nc(CSc2ncnc3[nH]ncc23)n1-c1ccccc1Cl. The molecule has 0 aliphatic carbocycles. The average molecular weight is 421 g/mol. The zero-order valence-electron chi connectivity index (χ0n) is 14.9. The Hall–Kier alpha value is -3.23. The molecule has 1 N–H and O–H groups in total. The number of hydrogen-bond donors (Lipinski definition) is 1. The highest BCUT2D eigenvalue weighted by Crippen LogP contribution is 2.28. The Bertz CT molecular complexity index is 1410. The Kier molecular flexibility index (Phi) is 4.49. The Labute approximate surface area is 173 Å². The van der Waals surface area contributed by atoms with Crippen molar-refractivity contribution in [2.45, 2.75) is 10.8 Å². The lowest BCUT2D eigenvalue weighted by molar-refractivity contribution is 0.883. The van der Waals surface area contributed by atoms with Gasteiger partial charge in [0.15, 0.2) is 5.65 Å². The van der Waals surface area contributed by atoms with Crippen LogP contribution in [0.4, 0.5) is 0 Å². The molecule has 5 rings (SSSR count). The number of rotatable bonds is 4. The molecule has 0 spiro atoms. The van der Waals surface area contributed by atoms with Gasteiger partial charge in [0.2, 0.25) is 0 Å². The quantitative estimate of drug-likeness (QED) is 0.349. The summed E-state index contributed by atoms with van der Waals surface area (Å²) in [5.41, 5.74) is 1.75. The van der Waals surface area contributed by atoms with Crippen molar-refractivity contribution in [3.05, 3.63) is 82.3 Å². The van der Waals surface area contributed by atoms with Crippen LogP contribution in [0.5, 0.6) is 0 Å². The Morgan fingerprint density at radius 2 is 1.86 bits per heavy atom. The maximum atomic E-state index is 13.3. The number of aromatic nitrogens is 6. The molecule has 0 radical (unpaired) electrons. The lowest BCUT2D eigenvalue weighted by atomic mass is 10.2. The first-order valence-corrected chi connectivity index (χ1v) is 10.1. The fraction of sp³-hybridized carbons (Fsp3) is 0.0500. The van der Waals surface area contributed by atoms with Gasteiger partial charge in [-0.25, -0.2) is 15.0 Å². The number of hydrogen-bond acceptors (Lipinski definition) is 6. The van der Waals surface area contributed by atoms with Crippen molar-refractivity contribution in [1.29, 1.82) is 0 Å². The maximum absolute atomic E-state index is 13.3. The van der Waals surface area contributed by atoms with Crippen LogP contribution in [0.3, 0.4) is 0 Å². The van der Waals surface area contributed by atoms with Crippen LogP contribution in [0.15, 0.2) is 70.9 Å². The van der Waals surface area contributed by atoms with E-state index in [1.165, 1.54) is 18.1 Å². The Morgan fingerprint density at radius 1 is 1.03 bits per heavy atom. The van der Waals surface area contributed by atoms with Crippen LogP contribution >= 0.6 is 23.4 Å². The van der Waals surface area contributed by atoms with E-state index in [9.17, 15) is 4.79 Å². The second-order valence-electron chi connectivity index (χ2n) is 6.24. The summed E-state index contributed by atoms with van der Waals surface area (Å²) in [6.07, 6.45) is 3.17. The van der Waals surface area contributed by atoms with E-state index < -0.39 is 0 Å². The lowest BCUT2D eigenvalue weighted by Crippen LogP contribution is -2.23. The summed E-state index contributed by atoms with van der Waals surface area (Å²) in [5, 5.41) is 9.46. The third kappa shape index (κ3) is 3.16. The van der Waals surface area contributed by atoms with E-state index in [0.717, 1.165) is 10.4 Å². The minimum Gasteiger partial charge on any atom is -0.268 e. The molecule has 0 aliphatic heterocycles. The van der Waals surface area contributed by atoms with Gasteiger partial charge < -0.3 is 0 Å². The fourth-order valence-corrected chi connectivity index (χ4v) is 4.25. The summed E-state index contributed by atoms with van der Waals surface area (Å²) in [6.45, 7) is 0. The van der Waals surface area contributed by atoms with E-state index in [1.807, 2.05) is 36.4 Å². The number of thioether (sulfide) groups is 1. The molecule has 0 saturated carbocycles. The minimum absolute atomic E-state index is 0.157. The largest absolute Gasteiger partial charge is 0.268 e. The summed E-state index contributed by atoms with van der Waals surface area (Å²) < 4.78 is 1.57. The number of fused-ring (bicyclic) bond motifs is 2. The summed E-state index contributed by atoms with van der Waals surface area (Å²) in [5.74, 6) is 1.00. The van der Waals surface area contributed by atoms with Crippen molar-refractivity contribution in [3.8, 4) is 5.69 Å². The standard InChI is InChI=1S/C20H13ClN6OS/c21-14-6-2-4-8-16(14)27-17(25-15-7-3-1-5-12(15)20(27)28)10-29-19-13-9-24-26-18(13)22-11-23-19/h1-9,11H,10H2,(H,22,23,24,26). The molecular formula is C20H13ClN6OS. The van der Waals surface area contributed by atoms with E-state index in [-0.39, 0.29) is 5.56 Å². The summed E-state index contributed by atoms with van der Waals surface area (Å²) in [6, 6.07) is 14.5. The first-order chi connectivity index (χ1) is 14.2. The molecule has 0 fully saturated rings. The molecular weight excluding hydrogens is 408 g/mol. The molecule has 29 heavy (non-hydrogen) atoms. The second-order valence-corrected chi connectivity index (χ2v) is 7.61. The summed E-state index contributed by atoms with van der Waals surface area (Å²) >= 11 is 7.87. The predicted molar refractivity (Wildman–Crippen MR) is 114 cm³/mol. The molecule has 0 unspecified atom stereocenters. The lowest BCUT2D eigenvalue weighted by Gasteiger charge is -2.14. The van der Waals surface area contributed by atoms with Crippen molar-refractivity contribution in [2.75, 3.05) is 0 Å². The monoisotopic (exact) mass is 420 g/mol. The summed E-state index contributed by atoms with van der Waals surface area (Å²) in [7, 11) is 0. The molecule has 5 aromatic rings. The van der Waals surface area contributed by atoms with E-state index >= 15 is 0 Å². The second kappa shape index (κ2) is 7.31. The van der Waals surface area contributed by atoms with Crippen LogP contribution in [0, 0.1) is 0 Å². The third-order valence-corrected chi connectivity index (χ3v) is 5.81. The van der Waals surface area contributed by atoms with Crippen molar-refractivity contribution in [1.82, 2.24) is 29.7 Å². The van der Waals surface area contributed by atoms with E-state index in [2.05, 4.69) is 20.2 Å². The van der Waals surface area contributed by atoms with Gasteiger partial charge in [-0.2, -0.15) is 5.10 Å². The topological polar surface area (TPSA) is 89.3 Å². The van der Waals surface area contributed by atoms with Gasteiger partial charge in [-0.15, -0.1) is 0 Å². The van der Waals surface area contributed by atoms with Crippen LogP contribution in [0.2, 0.25) is 5.02 Å². The van der Waals surface area contributed by atoms with Gasteiger partial charge in [-0.1, -0.05) is 47.6 Å². The highest BCUT2D eigenvalue weighted by atomic mass is 35.5. The molecule has 9 heteroatoms. The van der Waals surface area contributed by atoms with Gasteiger partial charge in [0.25, 0.3) is 5.56 Å². The molecule has 3 aromatic heterocycles. The van der Waals surface area contributed by atoms with Crippen LogP contribution < -0.4 is 5.56 Å². The molecule has 0 amide bonds. The Morgan fingerprint density at radius 3 is 2.76 bits per heavy atom. The normalized spacial score (nSPS) is 11.3. The first-order valence-electron chi connectivity index (χ1n) is 8.75. The van der Waals surface area contributed by atoms with Crippen molar-refractivity contribution in [2.24, 2.45) is 0 Å². The van der Waals surface area contributed by atoms with Crippen LogP contribution in [0.1, 0.15) is 5.82 Å². The fourth-order valence-electron chi connectivity index (χ4n) is 3.15. The predicted octanol–water partition coefficient (Wildman–Crippen LogP) is 4.00. The van der Waals surface area contributed by atoms with E-state index in [0.29, 0.717) is 38.8 Å². The van der Waals surface area contributed by atoms with Gasteiger partial charge in [0, 0.05) is 0 Å². The van der Waals surface area contributed by atoms with E-state index in [4.69, 9.17) is 16.6 Å². The van der Waals surface area contributed by atoms with Crippen LogP contribution in [-0.2, 0) is 5.75 Å². The molecule has 0 bridgehead atoms. The van der Waals surface area contributed by atoms with Crippen molar-refractivity contribution in [3.63, 3.8) is 0 Å². The Balaban J connectivity index is 1.66. The highest BCUT2D eigenvalue weighted by molar-refractivity contribution is 7.98. The number of nitrogens with one attached hydrogen (secondary N) is 1. The summed E-state index contributed by atoms with van der Waals surface area (Å²) in [4.78, 5) is 26.6. The number of H-pyrrole nitrogens is 1. The number of para-hydroxylation sites is 2. The van der Waals surface area contributed by atoms with Gasteiger partial charge in [-0.3, -0.25) is 14.5 Å². The molecule has 0 atom stereocenters. The van der Waals surface area contributed by atoms with Gasteiger partial charge in [0.05, 0.1) is 38.9 Å². The van der Waals surface area contributed by atoms with Gasteiger partial charge >= 0.3 is 0 Å². The smallest absolute Gasteiger partial charge is 0.266 e.